The lowest BCUT2D eigenvalue weighted by atomic mass is 10.2. The van der Waals surface area contributed by atoms with Crippen LogP contribution in [0.25, 0.3) is 0 Å². The molecule has 7 nitrogen and oxygen atoms in total. The maximum atomic E-state index is 12.6. The number of anilines is 1. The van der Waals surface area contributed by atoms with E-state index in [2.05, 4.69) is 22.3 Å². The van der Waals surface area contributed by atoms with Crippen LogP contribution in [0.3, 0.4) is 0 Å². The van der Waals surface area contributed by atoms with Gasteiger partial charge in [0.2, 0.25) is 5.91 Å². The molecule has 31 heavy (non-hydrogen) atoms. The summed E-state index contributed by atoms with van der Waals surface area (Å²) in [5.74, 6) is -0.502. The predicted molar refractivity (Wildman–Crippen MR) is 121 cm³/mol. The minimum Gasteiger partial charge on any atom is -0.368 e. The lowest BCUT2D eigenvalue weighted by Gasteiger charge is -2.36. The van der Waals surface area contributed by atoms with E-state index in [1.807, 2.05) is 23.1 Å². The highest BCUT2D eigenvalue weighted by molar-refractivity contribution is 7.92. The van der Waals surface area contributed by atoms with Gasteiger partial charge in [0.05, 0.1) is 15.7 Å². The maximum absolute atomic E-state index is 12.6. The van der Waals surface area contributed by atoms with Gasteiger partial charge in [-0.3, -0.25) is 9.59 Å². The smallest absolute Gasteiger partial charge is 0.252 e. The number of para-hydroxylation sites is 1. The molecule has 0 saturated carbocycles. The zero-order valence-electron chi connectivity index (χ0n) is 18.0. The van der Waals surface area contributed by atoms with Crippen LogP contribution in [0.5, 0.6) is 0 Å². The zero-order chi connectivity index (χ0) is 22.4. The summed E-state index contributed by atoms with van der Waals surface area (Å²) in [5.41, 5.74) is 1.26. The molecule has 0 bridgehead atoms. The van der Waals surface area contributed by atoms with E-state index in [-0.39, 0.29) is 29.3 Å². The quantitative estimate of drug-likeness (QED) is 0.710. The summed E-state index contributed by atoms with van der Waals surface area (Å²) >= 11 is 0. The molecule has 0 aliphatic carbocycles. The van der Waals surface area contributed by atoms with Gasteiger partial charge in [0.1, 0.15) is 0 Å². The van der Waals surface area contributed by atoms with Crippen molar-refractivity contribution in [2.24, 2.45) is 0 Å². The second-order valence-corrected chi connectivity index (χ2v) is 10.3. The van der Waals surface area contributed by atoms with Crippen LogP contribution >= 0.6 is 0 Å². The van der Waals surface area contributed by atoms with Crippen molar-refractivity contribution in [3.05, 3.63) is 60.2 Å². The molecular formula is C23H29N3O4S. The topological polar surface area (TPSA) is 86.8 Å². The summed E-state index contributed by atoms with van der Waals surface area (Å²) in [7, 11) is -3.58. The van der Waals surface area contributed by atoms with Crippen molar-refractivity contribution >= 4 is 27.3 Å². The van der Waals surface area contributed by atoms with E-state index < -0.39 is 21.0 Å². The fourth-order valence-electron chi connectivity index (χ4n) is 3.55. The van der Waals surface area contributed by atoms with Crippen molar-refractivity contribution in [2.75, 3.05) is 37.6 Å². The third-order valence-electron chi connectivity index (χ3n) is 5.44. The molecule has 1 aliphatic rings. The van der Waals surface area contributed by atoms with Gasteiger partial charge in [-0.05, 0) is 38.1 Å². The highest BCUT2D eigenvalue weighted by Gasteiger charge is 2.25. The molecule has 1 fully saturated rings. The Morgan fingerprint density at radius 1 is 0.935 bits per heavy atom. The molecule has 0 radical (unpaired) electrons. The van der Waals surface area contributed by atoms with Crippen molar-refractivity contribution in [2.45, 2.75) is 30.4 Å². The van der Waals surface area contributed by atoms with E-state index in [9.17, 15) is 18.0 Å². The molecule has 0 aromatic heterocycles. The Balaban J connectivity index is 1.51. The minimum absolute atomic E-state index is 0.0175. The van der Waals surface area contributed by atoms with Gasteiger partial charge in [-0.25, -0.2) is 8.42 Å². The Labute approximate surface area is 184 Å². The molecule has 0 unspecified atom stereocenters. The second kappa shape index (κ2) is 9.96. The first-order valence-electron chi connectivity index (χ1n) is 10.5. The van der Waals surface area contributed by atoms with Gasteiger partial charge in [-0.1, -0.05) is 30.3 Å². The fraction of sp³-hybridized carbons (Fsp3) is 0.391. The van der Waals surface area contributed by atoms with E-state index in [4.69, 9.17) is 0 Å². The van der Waals surface area contributed by atoms with Gasteiger partial charge in [0, 0.05) is 44.8 Å². The number of carbonyl (C=O) groups is 2. The molecule has 1 heterocycles. The standard InChI is InChI=1S/C23H29N3O4S/c1-18(2)31(29,30)21-11-7-6-10-20(21)23(28)24-13-12-22(27)26-16-14-25(15-17-26)19-8-4-3-5-9-19/h3-11,18H,12-17H2,1-2H3,(H,24,28). The first-order chi connectivity index (χ1) is 14.8. The highest BCUT2D eigenvalue weighted by Crippen LogP contribution is 2.20. The first kappa shape index (κ1) is 22.8. The third-order valence-corrected chi connectivity index (χ3v) is 7.65. The molecule has 1 saturated heterocycles. The second-order valence-electron chi connectivity index (χ2n) is 7.80. The Hall–Kier alpha value is -2.87. The molecule has 166 valence electrons. The maximum Gasteiger partial charge on any atom is 0.252 e. The van der Waals surface area contributed by atoms with E-state index in [0.29, 0.717) is 13.1 Å². The van der Waals surface area contributed by atoms with Crippen molar-refractivity contribution in [3.8, 4) is 0 Å². The Morgan fingerprint density at radius 2 is 1.55 bits per heavy atom. The van der Waals surface area contributed by atoms with E-state index in [1.165, 1.54) is 12.1 Å². The van der Waals surface area contributed by atoms with E-state index >= 15 is 0 Å². The molecule has 0 spiro atoms. The summed E-state index contributed by atoms with van der Waals surface area (Å²) in [5, 5.41) is 2.07. The van der Waals surface area contributed by atoms with E-state index in [0.717, 1.165) is 18.8 Å². The molecular weight excluding hydrogens is 414 g/mol. The molecule has 2 aromatic rings. The van der Waals surface area contributed by atoms with Crippen molar-refractivity contribution < 1.29 is 18.0 Å². The molecule has 2 aromatic carbocycles. The SMILES string of the molecule is CC(C)S(=O)(=O)c1ccccc1C(=O)NCCC(=O)N1CCN(c2ccccc2)CC1. The van der Waals surface area contributed by atoms with Crippen molar-refractivity contribution in [1.29, 1.82) is 0 Å². The number of carbonyl (C=O) groups excluding carboxylic acids is 2. The highest BCUT2D eigenvalue weighted by atomic mass is 32.2. The van der Waals surface area contributed by atoms with Crippen LogP contribution in [0.2, 0.25) is 0 Å². The van der Waals surface area contributed by atoms with Crippen LogP contribution in [-0.2, 0) is 14.6 Å². The first-order valence-corrected chi connectivity index (χ1v) is 12.0. The number of nitrogens with one attached hydrogen (secondary N) is 1. The van der Waals surface area contributed by atoms with Crippen molar-refractivity contribution in [1.82, 2.24) is 10.2 Å². The lowest BCUT2D eigenvalue weighted by Crippen LogP contribution is -2.49. The molecule has 2 amide bonds. The van der Waals surface area contributed by atoms with Crippen LogP contribution in [0, 0.1) is 0 Å². The Kier molecular flexibility index (Phi) is 7.33. The van der Waals surface area contributed by atoms with Gasteiger partial charge in [-0.15, -0.1) is 0 Å². The summed E-state index contributed by atoms with van der Waals surface area (Å²) in [4.78, 5) is 29.2. The lowest BCUT2D eigenvalue weighted by molar-refractivity contribution is -0.131. The Morgan fingerprint density at radius 3 is 2.19 bits per heavy atom. The van der Waals surface area contributed by atoms with Gasteiger partial charge >= 0.3 is 0 Å². The fourth-order valence-corrected chi connectivity index (χ4v) is 4.79. The molecule has 1 N–H and O–H groups in total. The van der Waals surface area contributed by atoms with E-state index in [1.54, 1.807) is 26.0 Å². The van der Waals surface area contributed by atoms with Crippen LogP contribution < -0.4 is 10.2 Å². The van der Waals surface area contributed by atoms with Gasteiger partial charge in [0.15, 0.2) is 9.84 Å². The summed E-state index contributed by atoms with van der Waals surface area (Å²) in [6, 6.07) is 16.3. The summed E-state index contributed by atoms with van der Waals surface area (Å²) in [6.45, 7) is 6.13. The largest absolute Gasteiger partial charge is 0.368 e. The number of rotatable bonds is 7. The number of benzene rings is 2. The predicted octanol–water partition coefficient (Wildman–Crippen LogP) is 2.34. The molecule has 0 atom stereocenters. The minimum atomic E-state index is -3.58. The average molecular weight is 444 g/mol. The number of sulfone groups is 1. The third kappa shape index (κ3) is 5.44. The van der Waals surface area contributed by atoms with Crippen LogP contribution in [0.1, 0.15) is 30.6 Å². The molecule has 1 aliphatic heterocycles. The van der Waals surface area contributed by atoms with Gasteiger partial charge < -0.3 is 15.1 Å². The number of hydrogen-bond acceptors (Lipinski definition) is 5. The van der Waals surface area contributed by atoms with Crippen LogP contribution in [0.4, 0.5) is 5.69 Å². The zero-order valence-corrected chi connectivity index (χ0v) is 18.8. The number of piperazine rings is 1. The van der Waals surface area contributed by atoms with Gasteiger partial charge in [0.25, 0.3) is 5.91 Å². The molecule has 8 heteroatoms. The number of amides is 2. The number of nitrogens with zero attached hydrogens (tertiary/aromatic N) is 2. The van der Waals surface area contributed by atoms with Crippen molar-refractivity contribution in [3.63, 3.8) is 0 Å². The van der Waals surface area contributed by atoms with Crippen LogP contribution in [-0.4, -0.2) is 63.1 Å². The number of hydrogen-bond donors (Lipinski definition) is 1. The Bertz CT molecular complexity index is 1010. The van der Waals surface area contributed by atoms with Crippen LogP contribution in [0.15, 0.2) is 59.5 Å². The van der Waals surface area contributed by atoms with Gasteiger partial charge in [-0.2, -0.15) is 0 Å². The normalized spacial score (nSPS) is 14.5. The monoisotopic (exact) mass is 443 g/mol. The summed E-state index contributed by atoms with van der Waals surface area (Å²) in [6.07, 6.45) is 0.177. The summed E-state index contributed by atoms with van der Waals surface area (Å²) < 4.78 is 25.1. The molecule has 3 rings (SSSR count). The average Bonchev–Trinajstić information content (AvgIpc) is 2.79.